The van der Waals surface area contributed by atoms with E-state index in [1.807, 2.05) is 39.0 Å². The van der Waals surface area contributed by atoms with Crippen LogP contribution in [0.15, 0.2) is 23.0 Å². The van der Waals surface area contributed by atoms with Crippen molar-refractivity contribution in [3.05, 3.63) is 39.8 Å². The molecule has 0 amide bonds. The zero-order valence-corrected chi connectivity index (χ0v) is 13.6. The van der Waals surface area contributed by atoms with Gasteiger partial charge in [-0.2, -0.15) is 9.97 Å². The standard InChI is InChI=1S/C16H23N5O/c1-5-10-17-20-15-18-14(21(6-2)16(22)19-15)13-11(3)8-7-9-12(13)4/h7-9,17H,5-6,10H2,1-4H3,(H,19,20,22). The lowest BCUT2D eigenvalue weighted by Crippen LogP contribution is -2.30. The third-order valence-electron chi connectivity index (χ3n) is 3.50. The molecule has 0 atom stereocenters. The summed E-state index contributed by atoms with van der Waals surface area (Å²) in [6, 6.07) is 6.06. The van der Waals surface area contributed by atoms with Gasteiger partial charge in [-0.1, -0.05) is 25.1 Å². The largest absolute Gasteiger partial charge is 0.352 e. The van der Waals surface area contributed by atoms with E-state index in [1.54, 1.807) is 4.57 Å². The van der Waals surface area contributed by atoms with E-state index in [0.717, 1.165) is 29.7 Å². The van der Waals surface area contributed by atoms with Crippen LogP contribution in [0.4, 0.5) is 5.95 Å². The van der Waals surface area contributed by atoms with Crippen LogP contribution in [-0.2, 0) is 6.54 Å². The Morgan fingerprint density at radius 3 is 2.41 bits per heavy atom. The summed E-state index contributed by atoms with van der Waals surface area (Å²) in [5, 5.41) is 0. The molecule has 0 saturated carbocycles. The van der Waals surface area contributed by atoms with Crippen LogP contribution in [0.5, 0.6) is 0 Å². The molecule has 6 heteroatoms. The number of hydrogen-bond acceptors (Lipinski definition) is 5. The number of hydrogen-bond donors (Lipinski definition) is 2. The van der Waals surface area contributed by atoms with Gasteiger partial charge in [-0.25, -0.2) is 10.2 Å². The van der Waals surface area contributed by atoms with Crippen LogP contribution in [0.3, 0.4) is 0 Å². The van der Waals surface area contributed by atoms with Gasteiger partial charge in [0.05, 0.1) is 0 Å². The summed E-state index contributed by atoms with van der Waals surface area (Å²) in [5.74, 6) is 0.958. The van der Waals surface area contributed by atoms with Crippen LogP contribution in [0, 0.1) is 13.8 Å². The highest BCUT2D eigenvalue weighted by Gasteiger charge is 2.14. The number of nitrogens with one attached hydrogen (secondary N) is 2. The molecule has 1 aromatic heterocycles. The molecule has 0 fully saturated rings. The van der Waals surface area contributed by atoms with Crippen LogP contribution in [0.1, 0.15) is 31.4 Å². The molecule has 0 saturated heterocycles. The van der Waals surface area contributed by atoms with E-state index >= 15 is 0 Å². The quantitative estimate of drug-likeness (QED) is 0.632. The lowest BCUT2D eigenvalue weighted by Gasteiger charge is -2.15. The fourth-order valence-electron chi connectivity index (χ4n) is 2.39. The van der Waals surface area contributed by atoms with Crippen molar-refractivity contribution in [3.8, 4) is 11.4 Å². The van der Waals surface area contributed by atoms with E-state index in [1.165, 1.54) is 0 Å². The van der Waals surface area contributed by atoms with E-state index in [0.29, 0.717) is 18.3 Å². The number of nitrogens with zero attached hydrogens (tertiary/aromatic N) is 3. The minimum Gasteiger partial charge on any atom is -0.289 e. The molecule has 2 aromatic rings. The molecule has 0 radical (unpaired) electrons. The van der Waals surface area contributed by atoms with Gasteiger partial charge in [-0.3, -0.25) is 9.99 Å². The van der Waals surface area contributed by atoms with Crippen molar-refractivity contribution in [3.63, 3.8) is 0 Å². The molecule has 118 valence electrons. The topological polar surface area (TPSA) is 71.8 Å². The Bertz CT molecular complexity index is 688. The second-order valence-corrected chi connectivity index (χ2v) is 5.22. The van der Waals surface area contributed by atoms with Gasteiger partial charge in [-0.15, -0.1) is 0 Å². The molecule has 6 nitrogen and oxygen atoms in total. The van der Waals surface area contributed by atoms with Crippen molar-refractivity contribution in [2.75, 3.05) is 12.0 Å². The number of rotatable bonds is 6. The van der Waals surface area contributed by atoms with Gasteiger partial charge >= 0.3 is 5.69 Å². The lowest BCUT2D eigenvalue weighted by molar-refractivity contribution is 0.676. The van der Waals surface area contributed by atoms with Crippen molar-refractivity contribution < 1.29 is 0 Å². The first-order valence-corrected chi connectivity index (χ1v) is 7.62. The molecule has 2 rings (SSSR count). The summed E-state index contributed by atoms with van der Waals surface area (Å²) in [6.45, 7) is 9.34. The maximum atomic E-state index is 12.3. The first kappa shape index (κ1) is 16.2. The molecule has 2 N–H and O–H groups in total. The highest BCUT2D eigenvalue weighted by atomic mass is 16.1. The van der Waals surface area contributed by atoms with Gasteiger partial charge in [0.2, 0.25) is 5.95 Å². The Labute approximate surface area is 130 Å². The molecule has 1 heterocycles. The monoisotopic (exact) mass is 301 g/mol. The second-order valence-electron chi connectivity index (χ2n) is 5.22. The molecule has 0 unspecified atom stereocenters. The van der Waals surface area contributed by atoms with Crippen molar-refractivity contribution in [1.82, 2.24) is 20.0 Å². The van der Waals surface area contributed by atoms with Gasteiger partial charge in [0.25, 0.3) is 0 Å². The number of anilines is 1. The predicted molar refractivity (Wildman–Crippen MR) is 88.8 cm³/mol. The molecule has 0 aliphatic rings. The van der Waals surface area contributed by atoms with E-state index < -0.39 is 0 Å². The van der Waals surface area contributed by atoms with Crippen LogP contribution in [0.2, 0.25) is 0 Å². The first-order valence-electron chi connectivity index (χ1n) is 7.62. The number of aromatic nitrogens is 3. The number of benzene rings is 1. The molecule has 0 spiro atoms. The summed E-state index contributed by atoms with van der Waals surface area (Å²) < 4.78 is 1.60. The van der Waals surface area contributed by atoms with Gasteiger partial charge in [0.15, 0.2) is 0 Å². The SMILES string of the molecule is CCCNNc1nc(-c2c(C)cccc2C)n(CC)c(=O)n1. The maximum Gasteiger partial charge on any atom is 0.352 e. The van der Waals surface area contributed by atoms with Crippen LogP contribution < -0.4 is 16.5 Å². The van der Waals surface area contributed by atoms with Gasteiger partial charge in [0, 0.05) is 18.7 Å². The summed E-state index contributed by atoms with van der Waals surface area (Å²) >= 11 is 0. The highest BCUT2D eigenvalue weighted by molar-refractivity contribution is 5.65. The Morgan fingerprint density at radius 1 is 1.14 bits per heavy atom. The van der Waals surface area contributed by atoms with E-state index in [-0.39, 0.29) is 5.69 Å². The number of hydrazine groups is 1. The zero-order chi connectivity index (χ0) is 16.1. The van der Waals surface area contributed by atoms with Crippen molar-refractivity contribution in [1.29, 1.82) is 0 Å². The van der Waals surface area contributed by atoms with Crippen molar-refractivity contribution >= 4 is 5.95 Å². The van der Waals surface area contributed by atoms with Crippen LogP contribution in [0.25, 0.3) is 11.4 Å². The Balaban J connectivity index is 2.55. The van der Waals surface area contributed by atoms with Crippen LogP contribution >= 0.6 is 0 Å². The Morgan fingerprint density at radius 2 is 1.82 bits per heavy atom. The van der Waals surface area contributed by atoms with E-state index in [2.05, 4.69) is 27.7 Å². The second kappa shape index (κ2) is 7.17. The molecule has 0 bridgehead atoms. The molecule has 0 aliphatic heterocycles. The lowest BCUT2D eigenvalue weighted by atomic mass is 10.0. The van der Waals surface area contributed by atoms with Crippen LogP contribution in [-0.4, -0.2) is 21.1 Å². The summed E-state index contributed by atoms with van der Waals surface area (Å²) in [7, 11) is 0. The summed E-state index contributed by atoms with van der Waals surface area (Å²) in [6.07, 6.45) is 0.975. The molecular formula is C16H23N5O. The Kier molecular flexibility index (Phi) is 5.27. The van der Waals surface area contributed by atoms with Gasteiger partial charge < -0.3 is 0 Å². The third-order valence-corrected chi connectivity index (χ3v) is 3.50. The number of aryl methyl sites for hydroxylation is 2. The van der Waals surface area contributed by atoms with Gasteiger partial charge in [-0.05, 0) is 38.3 Å². The summed E-state index contributed by atoms with van der Waals surface area (Å²) in [4.78, 5) is 20.8. The van der Waals surface area contributed by atoms with E-state index in [9.17, 15) is 4.79 Å². The normalized spacial score (nSPS) is 10.7. The average Bonchev–Trinajstić information content (AvgIpc) is 2.47. The van der Waals surface area contributed by atoms with Crippen molar-refractivity contribution in [2.45, 2.75) is 40.7 Å². The minimum absolute atomic E-state index is 0.295. The van der Waals surface area contributed by atoms with E-state index in [4.69, 9.17) is 0 Å². The fraction of sp³-hybridized carbons (Fsp3) is 0.438. The first-order chi connectivity index (χ1) is 10.6. The van der Waals surface area contributed by atoms with Gasteiger partial charge in [0.1, 0.15) is 5.82 Å². The fourth-order valence-corrected chi connectivity index (χ4v) is 2.39. The Hall–Kier alpha value is -2.21. The molecule has 22 heavy (non-hydrogen) atoms. The minimum atomic E-state index is -0.295. The maximum absolute atomic E-state index is 12.3. The molecule has 1 aromatic carbocycles. The molecular weight excluding hydrogens is 278 g/mol. The predicted octanol–water partition coefficient (Wildman–Crippen LogP) is 2.27. The third kappa shape index (κ3) is 3.33. The smallest absolute Gasteiger partial charge is 0.289 e. The molecule has 0 aliphatic carbocycles. The zero-order valence-electron chi connectivity index (χ0n) is 13.6. The summed E-state index contributed by atoms with van der Waals surface area (Å²) in [5.41, 5.74) is 8.78. The van der Waals surface area contributed by atoms with Crippen molar-refractivity contribution in [2.24, 2.45) is 0 Å². The highest BCUT2D eigenvalue weighted by Crippen LogP contribution is 2.25. The average molecular weight is 301 g/mol.